The molecule has 4 rings (SSSR count). The van der Waals surface area contributed by atoms with Gasteiger partial charge in [0.2, 0.25) is 0 Å². The molecule has 3 aromatic heterocycles. The molecule has 0 unspecified atom stereocenters. The molecule has 0 saturated heterocycles. The number of benzene rings is 1. The van der Waals surface area contributed by atoms with E-state index in [-0.39, 0.29) is 11.4 Å². The van der Waals surface area contributed by atoms with E-state index >= 15 is 0 Å². The van der Waals surface area contributed by atoms with Crippen molar-refractivity contribution < 1.29 is 23.5 Å². The second-order valence-corrected chi connectivity index (χ2v) is 7.40. The van der Waals surface area contributed by atoms with E-state index in [2.05, 4.69) is 9.97 Å². The summed E-state index contributed by atoms with van der Waals surface area (Å²) in [7, 11) is 4.86. The van der Waals surface area contributed by atoms with Crippen LogP contribution in [0, 0.1) is 15.9 Å². The van der Waals surface area contributed by atoms with Gasteiger partial charge >= 0.3 is 0 Å². The van der Waals surface area contributed by atoms with Crippen molar-refractivity contribution in [1.82, 2.24) is 14.5 Å². The lowest BCUT2D eigenvalue weighted by molar-refractivity contribution is -0.385. The molecule has 0 spiro atoms. The van der Waals surface area contributed by atoms with Crippen LogP contribution in [-0.2, 0) is 16.5 Å². The van der Waals surface area contributed by atoms with E-state index in [9.17, 15) is 14.5 Å². The van der Waals surface area contributed by atoms with Gasteiger partial charge in [0.25, 0.3) is 5.69 Å². The molecule has 0 radical (unpaired) electrons. The Balaban J connectivity index is 1.77. The molecule has 0 bridgehead atoms. The van der Waals surface area contributed by atoms with E-state index < -0.39 is 17.0 Å². The Kier molecular flexibility index (Phi) is 5.63. The molecule has 3 heterocycles. The Hall–Kier alpha value is -3.41. The summed E-state index contributed by atoms with van der Waals surface area (Å²) in [5, 5.41) is 12.7. The van der Waals surface area contributed by atoms with Gasteiger partial charge in [-0.25, -0.2) is 14.4 Å². The predicted molar refractivity (Wildman–Crippen MR) is 112 cm³/mol. The highest BCUT2D eigenvalue weighted by atomic mass is 32.1. The molecule has 0 N–H and O–H groups in total. The lowest BCUT2D eigenvalue weighted by Crippen LogP contribution is -2.09. The fraction of sp³-hybridized carbons (Fsp3) is 0.200. The molecule has 4 aromatic rings. The van der Waals surface area contributed by atoms with Crippen LogP contribution >= 0.6 is 11.3 Å². The monoisotopic (exact) mass is 444 g/mol. The van der Waals surface area contributed by atoms with Crippen LogP contribution in [0.5, 0.6) is 11.5 Å². The number of non-ortho nitro benzene ring substituents is 1. The maximum absolute atomic E-state index is 14.4. The largest absolute Gasteiger partial charge is 0.453 e. The molecule has 1 aromatic carbocycles. The molecule has 0 aliphatic rings. The Morgan fingerprint density at radius 3 is 2.65 bits per heavy atom. The van der Waals surface area contributed by atoms with Crippen molar-refractivity contribution in [2.45, 2.75) is 6.29 Å². The quantitative estimate of drug-likeness (QED) is 0.229. The van der Waals surface area contributed by atoms with Crippen molar-refractivity contribution in [3.8, 4) is 23.0 Å². The Bertz CT molecular complexity index is 1270. The van der Waals surface area contributed by atoms with E-state index in [1.165, 1.54) is 37.7 Å². The standard InChI is InChI=1S/C20H17FN4O5S/c1-24-15(20(28-2)29-3)10-22-19(24)14-9-17(18-13(23-14)6-7-31-18)30-16-5-4-11(25(26)27)8-12(16)21/h4-10,20H,1-3H3. The molecule has 160 valence electrons. The minimum atomic E-state index is -0.834. The summed E-state index contributed by atoms with van der Waals surface area (Å²) in [5.74, 6) is -0.0602. The number of rotatable bonds is 7. The minimum Gasteiger partial charge on any atom is -0.453 e. The van der Waals surface area contributed by atoms with Crippen LogP contribution in [0.1, 0.15) is 12.0 Å². The third-order valence-electron chi connectivity index (χ3n) is 4.65. The number of pyridine rings is 1. The van der Waals surface area contributed by atoms with E-state index in [4.69, 9.17) is 14.2 Å². The lowest BCUT2D eigenvalue weighted by atomic mass is 10.2. The van der Waals surface area contributed by atoms with Crippen molar-refractivity contribution in [2.24, 2.45) is 7.05 Å². The fourth-order valence-electron chi connectivity index (χ4n) is 3.14. The predicted octanol–water partition coefficient (Wildman–Crippen LogP) is 4.83. The Morgan fingerprint density at radius 2 is 1.97 bits per heavy atom. The summed E-state index contributed by atoms with van der Waals surface area (Å²) in [6.45, 7) is 0. The van der Waals surface area contributed by atoms with E-state index in [1.807, 2.05) is 11.4 Å². The number of halogens is 1. The number of fused-ring (bicyclic) bond motifs is 1. The van der Waals surface area contributed by atoms with Gasteiger partial charge in [-0.15, -0.1) is 11.3 Å². The first-order valence-electron chi connectivity index (χ1n) is 9.00. The Morgan fingerprint density at radius 1 is 1.19 bits per heavy atom. The molecular weight excluding hydrogens is 427 g/mol. The summed E-state index contributed by atoms with van der Waals surface area (Å²) in [4.78, 5) is 19.3. The molecule has 9 nitrogen and oxygen atoms in total. The van der Waals surface area contributed by atoms with Crippen LogP contribution in [0.25, 0.3) is 21.7 Å². The van der Waals surface area contributed by atoms with Crippen molar-refractivity contribution in [1.29, 1.82) is 0 Å². The van der Waals surface area contributed by atoms with Gasteiger partial charge in [0.1, 0.15) is 11.4 Å². The summed E-state index contributed by atoms with van der Waals surface area (Å²) >= 11 is 1.39. The number of nitro groups is 1. The third-order valence-corrected chi connectivity index (χ3v) is 5.56. The number of imidazole rings is 1. The molecule has 0 fully saturated rings. The SMILES string of the molecule is COC(OC)c1cnc(-c2cc(Oc3ccc([N+](=O)[O-])cc3F)c3sccc3n2)n1C. The van der Waals surface area contributed by atoms with Crippen molar-refractivity contribution in [3.05, 3.63) is 63.5 Å². The van der Waals surface area contributed by atoms with Gasteiger partial charge in [-0.2, -0.15) is 0 Å². The zero-order chi connectivity index (χ0) is 22.1. The van der Waals surface area contributed by atoms with Crippen LogP contribution in [-0.4, -0.2) is 33.7 Å². The van der Waals surface area contributed by atoms with Gasteiger partial charge in [0.15, 0.2) is 23.7 Å². The maximum Gasteiger partial charge on any atom is 0.272 e. The van der Waals surface area contributed by atoms with Gasteiger partial charge in [-0.05, 0) is 17.5 Å². The molecule has 0 aliphatic carbocycles. The normalized spacial score (nSPS) is 11.4. The molecular formula is C20H17FN4O5S. The molecule has 0 saturated carbocycles. The average molecular weight is 444 g/mol. The molecule has 31 heavy (non-hydrogen) atoms. The number of ether oxygens (including phenoxy) is 3. The highest BCUT2D eigenvalue weighted by Gasteiger charge is 2.20. The number of nitrogens with zero attached hydrogens (tertiary/aromatic N) is 4. The van der Waals surface area contributed by atoms with Gasteiger partial charge in [-0.3, -0.25) is 10.1 Å². The highest BCUT2D eigenvalue weighted by Crippen LogP contribution is 2.37. The molecule has 11 heteroatoms. The topological polar surface area (TPSA) is 102 Å². The summed E-state index contributed by atoms with van der Waals surface area (Å²) in [6, 6.07) is 6.71. The summed E-state index contributed by atoms with van der Waals surface area (Å²) in [5.41, 5.74) is 1.49. The van der Waals surface area contributed by atoms with Gasteiger partial charge in [0.05, 0.1) is 33.1 Å². The van der Waals surface area contributed by atoms with Crippen LogP contribution in [0.3, 0.4) is 0 Å². The number of hydrogen-bond acceptors (Lipinski definition) is 8. The number of methoxy groups -OCH3 is 2. The van der Waals surface area contributed by atoms with Crippen molar-refractivity contribution in [3.63, 3.8) is 0 Å². The van der Waals surface area contributed by atoms with E-state index in [0.29, 0.717) is 33.2 Å². The molecule has 0 amide bonds. The average Bonchev–Trinajstić information content (AvgIpc) is 3.37. The zero-order valence-corrected chi connectivity index (χ0v) is 17.6. The third kappa shape index (κ3) is 3.85. The number of aromatic nitrogens is 3. The van der Waals surface area contributed by atoms with E-state index in [0.717, 1.165) is 6.07 Å². The van der Waals surface area contributed by atoms with Gasteiger partial charge in [-0.1, -0.05) is 0 Å². The van der Waals surface area contributed by atoms with Crippen LogP contribution in [0.15, 0.2) is 41.9 Å². The zero-order valence-electron chi connectivity index (χ0n) is 16.7. The molecule has 0 aliphatic heterocycles. The van der Waals surface area contributed by atoms with E-state index in [1.54, 1.807) is 23.9 Å². The smallest absolute Gasteiger partial charge is 0.272 e. The first-order chi connectivity index (χ1) is 14.9. The molecule has 0 atom stereocenters. The maximum atomic E-state index is 14.4. The second kappa shape index (κ2) is 8.38. The Labute approximate surface area is 179 Å². The van der Waals surface area contributed by atoms with Gasteiger partial charge in [0, 0.05) is 33.4 Å². The van der Waals surface area contributed by atoms with Gasteiger partial charge < -0.3 is 18.8 Å². The minimum absolute atomic E-state index is 0.128. The van der Waals surface area contributed by atoms with Crippen LogP contribution < -0.4 is 4.74 Å². The van der Waals surface area contributed by atoms with Crippen molar-refractivity contribution in [2.75, 3.05) is 14.2 Å². The van der Waals surface area contributed by atoms with Crippen LogP contribution in [0.2, 0.25) is 0 Å². The number of thiophene rings is 1. The van der Waals surface area contributed by atoms with Crippen LogP contribution in [0.4, 0.5) is 10.1 Å². The van der Waals surface area contributed by atoms with Crippen molar-refractivity contribution >= 4 is 27.2 Å². The second-order valence-electron chi connectivity index (χ2n) is 6.48. The number of nitro benzene ring substituents is 1. The fourth-order valence-corrected chi connectivity index (χ4v) is 3.92. The first kappa shape index (κ1) is 20.8. The lowest BCUT2D eigenvalue weighted by Gasteiger charge is -2.14. The number of hydrogen-bond donors (Lipinski definition) is 0. The summed E-state index contributed by atoms with van der Waals surface area (Å²) < 4.78 is 33.3. The highest BCUT2D eigenvalue weighted by molar-refractivity contribution is 7.17. The first-order valence-corrected chi connectivity index (χ1v) is 9.88. The summed E-state index contributed by atoms with van der Waals surface area (Å²) in [6.07, 6.45) is 1.03.